The van der Waals surface area contributed by atoms with Crippen LogP contribution in [0.25, 0.3) is 0 Å². The van der Waals surface area contributed by atoms with Gasteiger partial charge in [0.15, 0.2) is 16.9 Å². The van der Waals surface area contributed by atoms with Crippen molar-refractivity contribution in [3.05, 3.63) is 53.6 Å². The number of carbonyl (C=O) groups excluding carboxylic acids is 1. The third-order valence-corrected chi connectivity index (χ3v) is 4.02. The van der Waals surface area contributed by atoms with Crippen molar-refractivity contribution in [1.29, 1.82) is 5.26 Å². The van der Waals surface area contributed by atoms with Crippen LogP contribution in [0.1, 0.15) is 22.8 Å². The second-order valence-corrected chi connectivity index (χ2v) is 5.64. The first-order valence-electron chi connectivity index (χ1n) is 7.64. The average Bonchev–Trinajstić information content (AvgIpc) is 2.67. The van der Waals surface area contributed by atoms with E-state index in [-0.39, 0.29) is 5.91 Å². The predicted octanol–water partition coefficient (Wildman–Crippen LogP) is 2.82. The highest BCUT2D eigenvalue weighted by atomic mass is 16.5. The first-order chi connectivity index (χ1) is 12.3. The van der Waals surface area contributed by atoms with Gasteiger partial charge < -0.3 is 19.9 Å². The Morgan fingerprint density at radius 2 is 1.69 bits per heavy atom. The molecule has 0 spiro atoms. The Labute approximate surface area is 150 Å². The molecule has 0 radical (unpaired) electrons. The SMILES string of the molecule is COc1ccc(C(=O)Nc2ccc(C(C)(C#N)C(=O)O)cc2)cc1OC. The van der Waals surface area contributed by atoms with Crippen LogP contribution >= 0.6 is 0 Å². The molecular weight excluding hydrogens is 336 g/mol. The van der Waals surface area contributed by atoms with Crippen LogP contribution in [0.4, 0.5) is 5.69 Å². The summed E-state index contributed by atoms with van der Waals surface area (Å²) < 4.78 is 10.3. The molecule has 1 amide bonds. The van der Waals surface area contributed by atoms with Gasteiger partial charge in [0.05, 0.1) is 20.3 Å². The van der Waals surface area contributed by atoms with Crippen molar-refractivity contribution in [2.75, 3.05) is 19.5 Å². The summed E-state index contributed by atoms with van der Waals surface area (Å²) in [4.78, 5) is 23.7. The number of nitriles is 1. The van der Waals surface area contributed by atoms with E-state index in [2.05, 4.69) is 5.32 Å². The second kappa shape index (κ2) is 7.57. The number of nitrogens with one attached hydrogen (secondary N) is 1. The van der Waals surface area contributed by atoms with Crippen molar-refractivity contribution in [2.45, 2.75) is 12.3 Å². The Balaban J connectivity index is 2.20. The van der Waals surface area contributed by atoms with Gasteiger partial charge in [-0.2, -0.15) is 5.26 Å². The Morgan fingerprint density at radius 1 is 1.08 bits per heavy atom. The lowest BCUT2D eigenvalue weighted by Crippen LogP contribution is -2.30. The van der Waals surface area contributed by atoms with Gasteiger partial charge in [-0.15, -0.1) is 0 Å². The lowest BCUT2D eigenvalue weighted by Gasteiger charge is -2.17. The minimum absolute atomic E-state index is 0.330. The number of methoxy groups -OCH3 is 2. The first kappa shape index (κ1) is 18.8. The Morgan fingerprint density at radius 3 is 2.19 bits per heavy atom. The van der Waals surface area contributed by atoms with Gasteiger partial charge >= 0.3 is 5.97 Å². The quantitative estimate of drug-likeness (QED) is 0.826. The van der Waals surface area contributed by atoms with Crippen LogP contribution < -0.4 is 14.8 Å². The number of aliphatic carboxylic acids is 1. The molecule has 1 unspecified atom stereocenters. The summed E-state index contributed by atoms with van der Waals surface area (Å²) in [6.45, 7) is 1.33. The number of hydrogen-bond donors (Lipinski definition) is 2. The lowest BCUT2D eigenvalue weighted by molar-refractivity contribution is -0.141. The summed E-state index contributed by atoms with van der Waals surface area (Å²) in [7, 11) is 2.98. The molecule has 0 saturated carbocycles. The largest absolute Gasteiger partial charge is 0.493 e. The van der Waals surface area contributed by atoms with Crippen LogP contribution in [-0.4, -0.2) is 31.2 Å². The van der Waals surface area contributed by atoms with Crippen molar-refractivity contribution in [1.82, 2.24) is 0 Å². The molecule has 2 aromatic rings. The van der Waals surface area contributed by atoms with Crippen LogP contribution in [0.15, 0.2) is 42.5 Å². The molecule has 2 aromatic carbocycles. The molecule has 134 valence electrons. The molecule has 0 bridgehead atoms. The molecule has 0 aliphatic carbocycles. The molecule has 0 aliphatic heterocycles. The minimum Gasteiger partial charge on any atom is -0.493 e. The summed E-state index contributed by atoms with van der Waals surface area (Å²) in [5.74, 6) is -0.651. The number of carboxylic acid groups (broad SMARTS) is 1. The topological polar surface area (TPSA) is 109 Å². The molecule has 1 atom stereocenters. The fourth-order valence-electron chi connectivity index (χ4n) is 2.30. The highest BCUT2D eigenvalue weighted by Gasteiger charge is 2.35. The highest BCUT2D eigenvalue weighted by Crippen LogP contribution is 2.28. The van der Waals surface area contributed by atoms with E-state index in [1.54, 1.807) is 36.4 Å². The number of carboxylic acids is 1. The van der Waals surface area contributed by atoms with E-state index in [9.17, 15) is 14.7 Å². The zero-order valence-electron chi connectivity index (χ0n) is 14.6. The second-order valence-electron chi connectivity index (χ2n) is 5.64. The number of benzene rings is 2. The standard InChI is InChI=1S/C19H18N2O5/c1-19(11-20,18(23)24)13-5-7-14(8-6-13)21-17(22)12-4-9-15(25-2)16(10-12)26-3/h4-10H,1-3H3,(H,21,22)(H,23,24). The van der Waals surface area contributed by atoms with Gasteiger partial charge in [-0.3, -0.25) is 9.59 Å². The fraction of sp³-hybridized carbons (Fsp3) is 0.211. The smallest absolute Gasteiger partial charge is 0.328 e. The van der Waals surface area contributed by atoms with Crippen LogP contribution in [0.5, 0.6) is 11.5 Å². The number of ether oxygens (including phenoxy) is 2. The maximum atomic E-state index is 12.4. The predicted molar refractivity (Wildman–Crippen MR) is 94.5 cm³/mol. The molecule has 26 heavy (non-hydrogen) atoms. The van der Waals surface area contributed by atoms with Gasteiger partial charge in [0.25, 0.3) is 5.91 Å². The Bertz CT molecular complexity index is 870. The van der Waals surface area contributed by atoms with Crippen molar-refractivity contribution in [3.8, 4) is 17.6 Å². The zero-order chi connectivity index (χ0) is 19.3. The molecule has 2 N–H and O–H groups in total. The van der Waals surface area contributed by atoms with Crippen LogP contribution in [0.3, 0.4) is 0 Å². The van der Waals surface area contributed by atoms with Gasteiger partial charge in [-0.1, -0.05) is 12.1 Å². The summed E-state index contributed by atoms with van der Waals surface area (Å²) >= 11 is 0. The van der Waals surface area contributed by atoms with E-state index in [1.807, 2.05) is 0 Å². The summed E-state index contributed by atoms with van der Waals surface area (Å²) in [6.07, 6.45) is 0. The number of carbonyl (C=O) groups is 2. The fourth-order valence-corrected chi connectivity index (χ4v) is 2.30. The third-order valence-electron chi connectivity index (χ3n) is 4.02. The van der Waals surface area contributed by atoms with Gasteiger partial charge in [0, 0.05) is 11.3 Å². The van der Waals surface area contributed by atoms with E-state index in [0.29, 0.717) is 28.3 Å². The third kappa shape index (κ3) is 3.59. The molecule has 7 nitrogen and oxygen atoms in total. The molecule has 0 heterocycles. The number of amides is 1. The van der Waals surface area contributed by atoms with Crippen molar-refractivity contribution in [3.63, 3.8) is 0 Å². The van der Waals surface area contributed by atoms with E-state index in [0.717, 1.165) is 0 Å². The molecule has 7 heteroatoms. The number of rotatable bonds is 6. The number of hydrogen-bond acceptors (Lipinski definition) is 5. The molecular formula is C19H18N2O5. The Kier molecular flexibility index (Phi) is 5.48. The highest BCUT2D eigenvalue weighted by molar-refractivity contribution is 6.04. The normalized spacial score (nSPS) is 12.4. The van der Waals surface area contributed by atoms with Crippen molar-refractivity contribution in [2.24, 2.45) is 0 Å². The van der Waals surface area contributed by atoms with Crippen molar-refractivity contribution >= 4 is 17.6 Å². The number of anilines is 1. The van der Waals surface area contributed by atoms with Gasteiger partial charge in [-0.25, -0.2) is 0 Å². The monoisotopic (exact) mass is 354 g/mol. The maximum absolute atomic E-state index is 12.4. The minimum atomic E-state index is -1.65. The maximum Gasteiger partial charge on any atom is 0.328 e. The molecule has 0 aliphatic rings. The Hall–Kier alpha value is -3.53. The van der Waals surface area contributed by atoms with Crippen LogP contribution in [-0.2, 0) is 10.2 Å². The van der Waals surface area contributed by atoms with E-state index in [1.165, 1.54) is 33.3 Å². The molecule has 0 fully saturated rings. The summed E-state index contributed by atoms with van der Waals surface area (Å²) in [6, 6.07) is 12.7. The van der Waals surface area contributed by atoms with Gasteiger partial charge in [0.2, 0.25) is 0 Å². The molecule has 0 saturated heterocycles. The lowest BCUT2D eigenvalue weighted by atomic mass is 9.84. The van der Waals surface area contributed by atoms with Gasteiger partial charge in [0.1, 0.15) is 0 Å². The van der Waals surface area contributed by atoms with Crippen LogP contribution in [0.2, 0.25) is 0 Å². The molecule has 2 rings (SSSR count). The average molecular weight is 354 g/mol. The number of nitrogens with zero attached hydrogens (tertiary/aromatic N) is 1. The van der Waals surface area contributed by atoms with E-state index < -0.39 is 11.4 Å². The van der Waals surface area contributed by atoms with Crippen LogP contribution in [0, 0.1) is 11.3 Å². The van der Waals surface area contributed by atoms with Crippen molar-refractivity contribution < 1.29 is 24.2 Å². The summed E-state index contributed by atoms with van der Waals surface area (Å²) in [5, 5.41) is 21.1. The van der Waals surface area contributed by atoms with E-state index >= 15 is 0 Å². The van der Waals surface area contributed by atoms with E-state index in [4.69, 9.17) is 14.7 Å². The summed E-state index contributed by atoms with van der Waals surface area (Å²) in [5.41, 5.74) is -0.471. The van der Waals surface area contributed by atoms with Gasteiger partial charge in [-0.05, 0) is 42.8 Å². The zero-order valence-corrected chi connectivity index (χ0v) is 14.6. The molecule has 0 aromatic heterocycles. The first-order valence-corrected chi connectivity index (χ1v) is 7.64.